The van der Waals surface area contributed by atoms with E-state index in [4.69, 9.17) is 10.8 Å². The van der Waals surface area contributed by atoms with E-state index in [1.165, 1.54) is 0 Å². The molecule has 0 saturated heterocycles. The standard InChI is InChI=1S/C13H26N2O3/c1-6-12(2,3)15-9(7-8-10(16)17)11(18)13(4,5)14/h9,15H,6-8,14H2,1-5H3,(H,16,17). The van der Waals surface area contributed by atoms with Gasteiger partial charge in [-0.2, -0.15) is 0 Å². The Kier molecular flexibility index (Phi) is 5.96. The van der Waals surface area contributed by atoms with Crippen molar-refractivity contribution in [1.29, 1.82) is 0 Å². The second-order valence-corrected chi connectivity index (χ2v) is 5.95. The average Bonchev–Trinajstić information content (AvgIpc) is 2.21. The molecule has 0 aromatic carbocycles. The number of hydrogen-bond donors (Lipinski definition) is 3. The minimum absolute atomic E-state index is 0.0424. The number of carboxylic acid groups (broad SMARTS) is 1. The summed E-state index contributed by atoms with van der Waals surface area (Å²) in [5, 5.41) is 11.9. The van der Waals surface area contributed by atoms with E-state index in [1.807, 2.05) is 20.8 Å². The fourth-order valence-electron chi connectivity index (χ4n) is 1.56. The van der Waals surface area contributed by atoms with Crippen molar-refractivity contribution in [3.8, 4) is 0 Å². The Morgan fingerprint density at radius 1 is 1.28 bits per heavy atom. The third-order valence-electron chi connectivity index (χ3n) is 3.05. The Morgan fingerprint density at radius 3 is 2.11 bits per heavy atom. The number of nitrogens with one attached hydrogen (secondary N) is 1. The van der Waals surface area contributed by atoms with E-state index in [2.05, 4.69) is 5.32 Å². The van der Waals surface area contributed by atoms with Crippen molar-refractivity contribution in [1.82, 2.24) is 5.32 Å². The molecule has 0 bridgehead atoms. The SMILES string of the molecule is CCC(C)(C)NC(CCC(=O)O)C(=O)C(C)(C)N. The summed E-state index contributed by atoms with van der Waals surface area (Å²) in [6, 6.07) is -0.518. The van der Waals surface area contributed by atoms with E-state index in [0.717, 1.165) is 6.42 Å². The van der Waals surface area contributed by atoms with Crippen LogP contribution in [0, 0.1) is 0 Å². The van der Waals surface area contributed by atoms with Crippen LogP contribution in [-0.4, -0.2) is 34.0 Å². The van der Waals surface area contributed by atoms with Crippen LogP contribution in [0.15, 0.2) is 0 Å². The fraction of sp³-hybridized carbons (Fsp3) is 0.846. The summed E-state index contributed by atoms with van der Waals surface area (Å²) in [6.45, 7) is 9.27. The summed E-state index contributed by atoms with van der Waals surface area (Å²) in [6.07, 6.45) is 1.06. The first kappa shape index (κ1) is 17.1. The highest BCUT2D eigenvalue weighted by molar-refractivity contribution is 5.92. The van der Waals surface area contributed by atoms with E-state index in [-0.39, 0.29) is 24.2 Å². The van der Waals surface area contributed by atoms with Crippen LogP contribution in [0.3, 0.4) is 0 Å². The van der Waals surface area contributed by atoms with Crippen molar-refractivity contribution < 1.29 is 14.7 Å². The largest absolute Gasteiger partial charge is 0.481 e. The minimum Gasteiger partial charge on any atom is -0.481 e. The van der Waals surface area contributed by atoms with Gasteiger partial charge in [0.05, 0.1) is 11.6 Å². The molecular formula is C13H26N2O3. The summed E-state index contributed by atoms with van der Waals surface area (Å²) in [5.41, 5.74) is 4.63. The van der Waals surface area contributed by atoms with Crippen molar-refractivity contribution in [2.45, 2.75) is 71.0 Å². The van der Waals surface area contributed by atoms with Crippen LogP contribution in [-0.2, 0) is 9.59 Å². The maximum absolute atomic E-state index is 12.2. The molecule has 0 aromatic heterocycles. The van der Waals surface area contributed by atoms with Gasteiger partial charge in [0.25, 0.3) is 0 Å². The molecule has 0 amide bonds. The molecule has 0 aliphatic rings. The molecule has 4 N–H and O–H groups in total. The molecule has 106 valence electrons. The van der Waals surface area contributed by atoms with E-state index < -0.39 is 17.6 Å². The van der Waals surface area contributed by atoms with Gasteiger partial charge < -0.3 is 16.2 Å². The van der Waals surface area contributed by atoms with E-state index in [9.17, 15) is 9.59 Å². The van der Waals surface area contributed by atoms with Crippen LogP contribution >= 0.6 is 0 Å². The first-order chi connectivity index (χ1) is 7.99. The van der Waals surface area contributed by atoms with Gasteiger partial charge in [0.1, 0.15) is 0 Å². The normalized spacial score (nSPS) is 14.3. The van der Waals surface area contributed by atoms with Gasteiger partial charge in [-0.1, -0.05) is 6.92 Å². The van der Waals surface area contributed by atoms with Crippen molar-refractivity contribution in [3.63, 3.8) is 0 Å². The Bertz CT molecular complexity index is 306. The molecule has 1 atom stereocenters. The lowest BCUT2D eigenvalue weighted by Crippen LogP contribution is -2.57. The van der Waals surface area contributed by atoms with Gasteiger partial charge in [-0.05, 0) is 40.5 Å². The third kappa shape index (κ3) is 6.12. The van der Waals surface area contributed by atoms with Crippen LogP contribution < -0.4 is 11.1 Å². The topological polar surface area (TPSA) is 92.4 Å². The second kappa shape index (κ2) is 6.29. The van der Waals surface area contributed by atoms with E-state index in [1.54, 1.807) is 13.8 Å². The zero-order valence-corrected chi connectivity index (χ0v) is 12.0. The smallest absolute Gasteiger partial charge is 0.303 e. The first-order valence-electron chi connectivity index (χ1n) is 6.32. The predicted octanol–water partition coefficient (Wildman–Crippen LogP) is 1.30. The van der Waals surface area contributed by atoms with Crippen LogP contribution in [0.4, 0.5) is 0 Å². The number of Topliss-reactive ketones (excluding diaryl/α,β-unsaturated/α-hetero) is 1. The molecule has 0 aliphatic heterocycles. The Morgan fingerprint density at radius 2 is 1.78 bits per heavy atom. The highest BCUT2D eigenvalue weighted by Crippen LogP contribution is 2.15. The van der Waals surface area contributed by atoms with E-state index in [0.29, 0.717) is 0 Å². The highest BCUT2D eigenvalue weighted by atomic mass is 16.4. The first-order valence-corrected chi connectivity index (χ1v) is 6.32. The second-order valence-electron chi connectivity index (χ2n) is 5.95. The average molecular weight is 258 g/mol. The third-order valence-corrected chi connectivity index (χ3v) is 3.05. The van der Waals surface area contributed by atoms with Gasteiger partial charge in [-0.3, -0.25) is 9.59 Å². The minimum atomic E-state index is -0.958. The molecule has 0 saturated carbocycles. The van der Waals surface area contributed by atoms with Crippen LogP contribution in [0.5, 0.6) is 0 Å². The van der Waals surface area contributed by atoms with E-state index >= 15 is 0 Å². The van der Waals surface area contributed by atoms with Crippen LogP contribution in [0.25, 0.3) is 0 Å². The maximum atomic E-state index is 12.2. The molecule has 0 radical (unpaired) electrons. The summed E-state index contributed by atoms with van der Waals surface area (Å²) >= 11 is 0. The van der Waals surface area contributed by atoms with Crippen molar-refractivity contribution in [2.75, 3.05) is 0 Å². The van der Waals surface area contributed by atoms with Gasteiger partial charge in [0.15, 0.2) is 5.78 Å². The fourth-order valence-corrected chi connectivity index (χ4v) is 1.56. The molecule has 18 heavy (non-hydrogen) atoms. The molecule has 0 rings (SSSR count). The Labute approximate surface area is 109 Å². The molecule has 0 aliphatic carbocycles. The lowest BCUT2D eigenvalue weighted by atomic mass is 9.89. The summed E-state index contributed by atoms with van der Waals surface area (Å²) in [5.74, 6) is -1.05. The molecule has 0 spiro atoms. The lowest BCUT2D eigenvalue weighted by molar-refractivity contribution is -0.137. The van der Waals surface area contributed by atoms with Gasteiger partial charge in [-0.15, -0.1) is 0 Å². The number of nitrogens with two attached hydrogens (primary N) is 1. The van der Waals surface area contributed by atoms with Gasteiger partial charge in [-0.25, -0.2) is 0 Å². The molecule has 5 heteroatoms. The number of hydrogen-bond acceptors (Lipinski definition) is 4. The summed E-state index contributed by atoms with van der Waals surface area (Å²) < 4.78 is 0. The van der Waals surface area contributed by atoms with Crippen molar-refractivity contribution >= 4 is 11.8 Å². The number of rotatable bonds is 8. The summed E-state index contributed by atoms with van der Waals surface area (Å²) in [7, 11) is 0. The lowest BCUT2D eigenvalue weighted by Gasteiger charge is -2.33. The van der Waals surface area contributed by atoms with Gasteiger partial charge in [0, 0.05) is 12.0 Å². The molecular weight excluding hydrogens is 232 g/mol. The Hall–Kier alpha value is -0.940. The zero-order valence-electron chi connectivity index (χ0n) is 12.0. The zero-order chi connectivity index (χ0) is 14.6. The number of carbonyl (C=O) groups excluding carboxylic acids is 1. The molecule has 0 heterocycles. The van der Waals surface area contributed by atoms with Gasteiger partial charge >= 0.3 is 5.97 Å². The van der Waals surface area contributed by atoms with Crippen LogP contribution in [0.1, 0.15) is 53.9 Å². The number of carbonyl (C=O) groups is 2. The number of carboxylic acids is 1. The predicted molar refractivity (Wildman–Crippen MR) is 71.4 cm³/mol. The van der Waals surface area contributed by atoms with Crippen molar-refractivity contribution in [3.05, 3.63) is 0 Å². The monoisotopic (exact) mass is 258 g/mol. The van der Waals surface area contributed by atoms with Crippen LogP contribution in [0.2, 0.25) is 0 Å². The van der Waals surface area contributed by atoms with Gasteiger partial charge in [0.2, 0.25) is 0 Å². The highest BCUT2D eigenvalue weighted by Gasteiger charge is 2.33. The molecule has 0 fully saturated rings. The number of aliphatic carboxylic acids is 1. The van der Waals surface area contributed by atoms with Crippen molar-refractivity contribution in [2.24, 2.45) is 5.73 Å². The number of ketones is 1. The molecule has 5 nitrogen and oxygen atoms in total. The summed E-state index contributed by atoms with van der Waals surface area (Å²) in [4.78, 5) is 22.8. The maximum Gasteiger partial charge on any atom is 0.303 e. The quantitative estimate of drug-likeness (QED) is 0.610. The Balaban J connectivity index is 4.83. The molecule has 0 aromatic rings. The molecule has 1 unspecified atom stereocenters.